The molecule has 5 rings (SSSR count). The number of aromatic nitrogens is 2. The second-order valence-corrected chi connectivity index (χ2v) is 8.54. The molecule has 0 spiro atoms. The van der Waals surface area contributed by atoms with E-state index < -0.39 is 0 Å². The van der Waals surface area contributed by atoms with Crippen molar-refractivity contribution in [3.8, 4) is 11.3 Å². The van der Waals surface area contributed by atoms with Crippen LogP contribution in [-0.4, -0.2) is 38.9 Å². The largest absolute Gasteiger partial charge is 0.510 e. The van der Waals surface area contributed by atoms with Crippen LogP contribution in [0.3, 0.4) is 0 Å². The van der Waals surface area contributed by atoms with Crippen LogP contribution in [0.2, 0.25) is 5.02 Å². The van der Waals surface area contributed by atoms with Crippen LogP contribution in [0.1, 0.15) is 10.6 Å². The number of nitrogens with zero attached hydrogens (tertiary/aromatic N) is 2. The van der Waals surface area contributed by atoms with Gasteiger partial charge in [-0.15, -0.1) is 11.3 Å². The summed E-state index contributed by atoms with van der Waals surface area (Å²) in [6.07, 6.45) is 2.82. The number of hydrogen-bond acceptors (Lipinski definition) is 4. The number of benzene rings is 2. The summed E-state index contributed by atoms with van der Waals surface area (Å²) in [7, 11) is 0. The van der Waals surface area contributed by atoms with Gasteiger partial charge in [-0.1, -0.05) is 41.9 Å². The Labute approximate surface area is 182 Å². The highest BCUT2D eigenvalue weighted by molar-refractivity contribution is 7.11. The molecule has 1 aliphatic rings. The van der Waals surface area contributed by atoms with E-state index in [0.29, 0.717) is 34.5 Å². The fourth-order valence-electron chi connectivity index (χ4n) is 3.78. The van der Waals surface area contributed by atoms with E-state index >= 15 is 0 Å². The lowest BCUT2D eigenvalue weighted by Gasteiger charge is -2.18. The minimum atomic E-state index is 0.205. The predicted molar refractivity (Wildman–Crippen MR) is 123 cm³/mol. The van der Waals surface area contributed by atoms with E-state index in [-0.39, 0.29) is 5.76 Å². The standard InChI is InChI=1S/C23H19ClN4OS/c24-16-7-5-14(6-8-16)19-13-30-23(27-19)21-20(29)12-28(22(21)25)10-9-15-11-26-18-4-2-1-3-17(15)18/h1-8,11,13,25-26,29H,9-10,12H2. The zero-order valence-corrected chi connectivity index (χ0v) is 17.6. The van der Waals surface area contributed by atoms with Gasteiger partial charge in [0.1, 0.15) is 16.6 Å². The Morgan fingerprint density at radius 1 is 1.17 bits per heavy atom. The van der Waals surface area contributed by atoms with Gasteiger partial charge >= 0.3 is 0 Å². The molecule has 3 N–H and O–H groups in total. The maximum Gasteiger partial charge on any atom is 0.135 e. The predicted octanol–water partition coefficient (Wildman–Crippen LogP) is 5.75. The molecule has 3 heterocycles. The van der Waals surface area contributed by atoms with Crippen LogP contribution >= 0.6 is 22.9 Å². The highest BCUT2D eigenvalue weighted by atomic mass is 35.5. The van der Waals surface area contributed by atoms with Crippen LogP contribution in [0.25, 0.3) is 27.7 Å². The number of aliphatic hydroxyl groups excluding tert-OH is 1. The average Bonchev–Trinajstić information content (AvgIpc) is 3.45. The highest BCUT2D eigenvalue weighted by Gasteiger charge is 2.30. The van der Waals surface area contributed by atoms with E-state index in [2.05, 4.69) is 22.1 Å². The lowest BCUT2D eigenvalue weighted by Crippen LogP contribution is -2.28. The first-order valence-corrected chi connectivity index (χ1v) is 10.9. The molecule has 0 radical (unpaired) electrons. The van der Waals surface area contributed by atoms with Crippen LogP contribution in [-0.2, 0) is 6.42 Å². The van der Waals surface area contributed by atoms with Crippen LogP contribution in [0.5, 0.6) is 0 Å². The molecule has 7 heteroatoms. The molecule has 0 saturated heterocycles. The van der Waals surface area contributed by atoms with Gasteiger partial charge in [0.25, 0.3) is 0 Å². The first-order chi connectivity index (χ1) is 14.6. The number of rotatable bonds is 5. The number of nitrogens with one attached hydrogen (secondary N) is 2. The first kappa shape index (κ1) is 18.9. The molecule has 2 aromatic carbocycles. The Bertz CT molecular complexity index is 1270. The van der Waals surface area contributed by atoms with E-state index in [1.54, 1.807) is 0 Å². The number of hydrogen-bond donors (Lipinski definition) is 3. The van der Waals surface area contributed by atoms with Crippen molar-refractivity contribution in [2.45, 2.75) is 6.42 Å². The number of thiazole rings is 1. The third-order valence-corrected chi connectivity index (χ3v) is 6.48. The van der Waals surface area contributed by atoms with E-state index in [9.17, 15) is 5.11 Å². The smallest absolute Gasteiger partial charge is 0.135 e. The summed E-state index contributed by atoms with van der Waals surface area (Å²) in [5, 5.41) is 23.7. The Morgan fingerprint density at radius 2 is 1.97 bits per heavy atom. The Balaban J connectivity index is 1.32. The lowest BCUT2D eigenvalue weighted by atomic mass is 10.1. The molecule has 4 aromatic rings. The number of aromatic amines is 1. The van der Waals surface area contributed by atoms with Gasteiger partial charge in [-0.2, -0.15) is 0 Å². The third kappa shape index (κ3) is 3.38. The molecule has 0 saturated carbocycles. The molecule has 0 amide bonds. The molecule has 0 aliphatic carbocycles. The van der Waals surface area contributed by atoms with E-state index in [0.717, 1.165) is 23.2 Å². The minimum absolute atomic E-state index is 0.205. The number of H-pyrrole nitrogens is 1. The summed E-state index contributed by atoms with van der Waals surface area (Å²) in [6.45, 7) is 0.996. The van der Waals surface area contributed by atoms with Crippen LogP contribution in [0.15, 0.2) is 65.9 Å². The number of aliphatic hydroxyl groups is 1. The molecule has 0 unspecified atom stereocenters. The summed E-state index contributed by atoms with van der Waals surface area (Å²) < 4.78 is 0. The molecular formula is C23H19ClN4OS. The van der Waals surface area contributed by atoms with E-state index in [4.69, 9.17) is 17.0 Å². The van der Waals surface area contributed by atoms with Gasteiger partial charge in [-0.05, 0) is 30.2 Å². The molecule has 0 atom stereocenters. The maximum atomic E-state index is 10.6. The van der Waals surface area contributed by atoms with Crippen molar-refractivity contribution in [2.75, 3.05) is 13.1 Å². The molecule has 0 fully saturated rings. The fraction of sp³-hybridized carbons (Fsp3) is 0.130. The molecule has 150 valence electrons. The Kier molecular flexibility index (Phi) is 4.81. The topological polar surface area (TPSA) is 76.0 Å². The van der Waals surface area contributed by atoms with E-state index in [1.165, 1.54) is 22.3 Å². The van der Waals surface area contributed by atoms with Crippen molar-refractivity contribution in [3.63, 3.8) is 0 Å². The molecule has 1 aliphatic heterocycles. The van der Waals surface area contributed by atoms with Gasteiger partial charge in [0.15, 0.2) is 0 Å². The minimum Gasteiger partial charge on any atom is -0.510 e. The van der Waals surface area contributed by atoms with Crippen LogP contribution in [0.4, 0.5) is 0 Å². The average molecular weight is 435 g/mol. The normalized spacial score (nSPS) is 14.3. The molecule has 5 nitrogen and oxygen atoms in total. The zero-order chi connectivity index (χ0) is 20.7. The Morgan fingerprint density at radius 3 is 2.80 bits per heavy atom. The summed E-state index contributed by atoms with van der Waals surface area (Å²) in [5.74, 6) is 0.528. The first-order valence-electron chi connectivity index (χ1n) is 9.63. The van der Waals surface area contributed by atoms with Crippen molar-refractivity contribution >= 4 is 45.2 Å². The summed E-state index contributed by atoms with van der Waals surface area (Å²) in [5.41, 5.74) is 4.63. The summed E-state index contributed by atoms with van der Waals surface area (Å²) >= 11 is 7.41. The molecule has 0 bridgehead atoms. The third-order valence-electron chi connectivity index (χ3n) is 5.37. The van der Waals surface area contributed by atoms with Gasteiger partial charge in [-0.25, -0.2) is 4.98 Å². The van der Waals surface area contributed by atoms with Gasteiger partial charge in [0, 0.05) is 39.6 Å². The van der Waals surface area contributed by atoms with Crippen molar-refractivity contribution in [1.82, 2.24) is 14.9 Å². The van der Waals surface area contributed by atoms with Crippen molar-refractivity contribution < 1.29 is 5.11 Å². The Hall–Kier alpha value is -3.09. The second kappa shape index (κ2) is 7.63. The van der Waals surface area contributed by atoms with Crippen molar-refractivity contribution in [1.29, 1.82) is 5.41 Å². The SMILES string of the molecule is N=C1C(c2nc(-c3ccc(Cl)cc3)cs2)=C(O)CN1CCc1c[nH]c2ccccc12. The summed E-state index contributed by atoms with van der Waals surface area (Å²) in [4.78, 5) is 9.85. The molecular weight excluding hydrogens is 416 g/mol. The lowest BCUT2D eigenvalue weighted by molar-refractivity contribution is 0.351. The molecule has 30 heavy (non-hydrogen) atoms. The fourth-order valence-corrected chi connectivity index (χ4v) is 4.81. The second-order valence-electron chi connectivity index (χ2n) is 7.25. The van der Waals surface area contributed by atoms with Gasteiger partial charge in [0.05, 0.1) is 17.8 Å². The number of amidine groups is 1. The highest BCUT2D eigenvalue weighted by Crippen LogP contribution is 2.32. The van der Waals surface area contributed by atoms with Gasteiger partial charge in [0.2, 0.25) is 0 Å². The van der Waals surface area contributed by atoms with E-state index in [1.807, 2.05) is 52.9 Å². The monoisotopic (exact) mass is 434 g/mol. The van der Waals surface area contributed by atoms with Crippen molar-refractivity contribution in [3.05, 3.63) is 81.5 Å². The number of para-hydroxylation sites is 1. The molecule has 2 aromatic heterocycles. The summed E-state index contributed by atoms with van der Waals surface area (Å²) in [6, 6.07) is 15.7. The van der Waals surface area contributed by atoms with Crippen LogP contribution in [0, 0.1) is 5.41 Å². The zero-order valence-electron chi connectivity index (χ0n) is 16.0. The van der Waals surface area contributed by atoms with Crippen molar-refractivity contribution in [2.24, 2.45) is 0 Å². The number of halogens is 1. The quantitative estimate of drug-likeness (QED) is 0.374. The van der Waals surface area contributed by atoms with Crippen LogP contribution < -0.4 is 0 Å². The number of fused-ring (bicyclic) bond motifs is 1. The van der Waals surface area contributed by atoms with Gasteiger partial charge < -0.3 is 15.0 Å². The van der Waals surface area contributed by atoms with Gasteiger partial charge in [-0.3, -0.25) is 5.41 Å². The maximum absolute atomic E-state index is 10.6.